The number of hydrogen-bond donors (Lipinski definition) is 1. The van der Waals surface area contributed by atoms with Crippen molar-refractivity contribution in [2.45, 2.75) is 13.8 Å². The Morgan fingerprint density at radius 3 is 2.48 bits per heavy atom. The summed E-state index contributed by atoms with van der Waals surface area (Å²) in [7, 11) is 0. The number of carbonyl (C=O) groups excluding carboxylic acids is 3. The van der Waals surface area contributed by atoms with E-state index in [1.807, 2.05) is 18.2 Å². The van der Waals surface area contributed by atoms with Crippen molar-refractivity contribution in [3.05, 3.63) is 71.4 Å². The number of benzene rings is 2. The number of aromatic nitrogens is 1. The van der Waals surface area contributed by atoms with E-state index in [1.54, 1.807) is 43.3 Å². The van der Waals surface area contributed by atoms with Crippen LogP contribution in [0.4, 0.5) is 5.69 Å². The van der Waals surface area contributed by atoms with E-state index < -0.39 is 18.5 Å². The minimum atomic E-state index is -0.605. The van der Waals surface area contributed by atoms with Gasteiger partial charge in [0.1, 0.15) is 0 Å². The van der Waals surface area contributed by atoms with Gasteiger partial charge in [0.05, 0.1) is 16.8 Å². The standard InChI is InChI=1S/C21H18N2O4/c1-13-11-17(16-8-4-6-10-19(16)22-13)21(26)27-12-20(25)23-18-9-5-3-7-15(18)14(2)24/h3-11H,12H2,1-2H3,(H,23,25). The molecule has 6 heteroatoms. The number of pyridine rings is 1. The largest absolute Gasteiger partial charge is 0.452 e. The third-order valence-corrected chi connectivity index (χ3v) is 3.98. The lowest BCUT2D eigenvalue weighted by Crippen LogP contribution is -2.22. The molecular formula is C21H18N2O4. The molecule has 1 N–H and O–H groups in total. The third-order valence-electron chi connectivity index (χ3n) is 3.98. The first kappa shape index (κ1) is 18.3. The molecule has 1 amide bonds. The van der Waals surface area contributed by atoms with Crippen LogP contribution in [0.2, 0.25) is 0 Å². The topological polar surface area (TPSA) is 85.4 Å². The average Bonchev–Trinajstić information content (AvgIpc) is 2.65. The second-order valence-corrected chi connectivity index (χ2v) is 6.05. The zero-order valence-corrected chi connectivity index (χ0v) is 15.0. The number of para-hydroxylation sites is 2. The molecule has 6 nitrogen and oxygen atoms in total. The molecule has 0 bridgehead atoms. The molecule has 3 rings (SSSR count). The maximum atomic E-state index is 12.5. The highest BCUT2D eigenvalue weighted by Gasteiger charge is 2.16. The van der Waals surface area contributed by atoms with Crippen LogP contribution in [0.15, 0.2) is 54.6 Å². The Morgan fingerprint density at radius 1 is 1.00 bits per heavy atom. The molecule has 0 aliphatic heterocycles. The number of aryl methyl sites for hydroxylation is 1. The Kier molecular flexibility index (Phi) is 5.26. The van der Waals surface area contributed by atoms with Gasteiger partial charge in [-0.1, -0.05) is 30.3 Å². The predicted molar refractivity (Wildman–Crippen MR) is 102 cm³/mol. The van der Waals surface area contributed by atoms with Gasteiger partial charge >= 0.3 is 5.97 Å². The lowest BCUT2D eigenvalue weighted by Gasteiger charge is -2.10. The number of Topliss-reactive ketones (excluding diaryl/α,β-unsaturated/α-hetero) is 1. The Balaban J connectivity index is 1.72. The molecule has 1 aromatic heterocycles. The molecule has 0 saturated heterocycles. The van der Waals surface area contributed by atoms with Gasteiger partial charge in [0.2, 0.25) is 0 Å². The first-order chi connectivity index (χ1) is 13.0. The van der Waals surface area contributed by atoms with Gasteiger partial charge in [0.15, 0.2) is 12.4 Å². The summed E-state index contributed by atoms with van der Waals surface area (Å²) in [5, 5.41) is 3.26. The fourth-order valence-electron chi connectivity index (χ4n) is 2.77. The number of carbonyl (C=O) groups is 3. The van der Waals surface area contributed by atoms with Crippen molar-refractivity contribution < 1.29 is 19.1 Å². The fourth-order valence-corrected chi connectivity index (χ4v) is 2.77. The molecule has 0 unspecified atom stereocenters. The first-order valence-electron chi connectivity index (χ1n) is 8.39. The van der Waals surface area contributed by atoms with Crippen molar-refractivity contribution in [2.75, 3.05) is 11.9 Å². The summed E-state index contributed by atoms with van der Waals surface area (Å²) >= 11 is 0. The number of fused-ring (bicyclic) bond motifs is 1. The molecule has 0 saturated carbocycles. The fraction of sp³-hybridized carbons (Fsp3) is 0.143. The van der Waals surface area contributed by atoms with Gasteiger partial charge < -0.3 is 10.1 Å². The van der Waals surface area contributed by atoms with Crippen LogP contribution in [-0.4, -0.2) is 29.3 Å². The molecule has 0 fully saturated rings. The number of ether oxygens (including phenoxy) is 1. The molecule has 0 spiro atoms. The van der Waals surface area contributed by atoms with Gasteiger partial charge in [-0.3, -0.25) is 14.6 Å². The molecule has 136 valence electrons. The van der Waals surface area contributed by atoms with E-state index in [0.29, 0.717) is 33.4 Å². The molecular weight excluding hydrogens is 344 g/mol. The molecule has 3 aromatic rings. The number of hydrogen-bond acceptors (Lipinski definition) is 5. The van der Waals surface area contributed by atoms with Gasteiger partial charge in [0.25, 0.3) is 5.91 Å². The third kappa shape index (κ3) is 4.17. The highest BCUT2D eigenvalue weighted by Crippen LogP contribution is 2.19. The van der Waals surface area contributed by atoms with Gasteiger partial charge in [-0.15, -0.1) is 0 Å². The summed E-state index contributed by atoms with van der Waals surface area (Å²) in [5.74, 6) is -1.29. The summed E-state index contributed by atoms with van der Waals surface area (Å²) in [6.07, 6.45) is 0. The van der Waals surface area contributed by atoms with E-state index >= 15 is 0 Å². The van der Waals surface area contributed by atoms with Crippen molar-refractivity contribution in [3.63, 3.8) is 0 Å². The molecule has 0 aliphatic carbocycles. The zero-order valence-electron chi connectivity index (χ0n) is 15.0. The normalized spacial score (nSPS) is 10.4. The lowest BCUT2D eigenvalue weighted by molar-refractivity contribution is -0.119. The SMILES string of the molecule is CC(=O)c1ccccc1NC(=O)COC(=O)c1cc(C)nc2ccccc12. The quantitative estimate of drug-likeness (QED) is 0.554. The van der Waals surface area contributed by atoms with Crippen molar-refractivity contribution in [3.8, 4) is 0 Å². The Labute approximate surface area is 156 Å². The maximum absolute atomic E-state index is 12.5. The Hall–Kier alpha value is -3.54. The first-order valence-corrected chi connectivity index (χ1v) is 8.39. The van der Waals surface area contributed by atoms with Crippen LogP contribution in [0.5, 0.6) is 0 Å². The van der Waals surface area contributed by atoms with E-state index in [2.05, 4.69) is 10.3 Å². The predicted octanol–water partition coefficient (Wildman–Crippen LogP) is 3.54. The second-order valence-electron chi connectivity index (χ2n) is 6.05. The minimum Gasteiger partial charge on any atom is -0.452 e. The van der Waals surface area contributed by atoms with Crippen LogP contribution in [0.25, 0.3) is 10.9 Å². The number of anilines is 1. The molecule has 0 atom stereocenters. The van der Waals surface area contributed by atoms with E-state index in [-0.39, 0.29) is 5.78 Å². The number of nitrogens with zero attached hydrogens (tertiary/aromatic N) is 1. The van der Waals surface area contributed by atoms with E-state index in [9.17, 15) is 14.4 Å². The van der Waals surface area contributed by atoms with Crippen molar-refractivity contribution in [2.24, 2.45) is 0 Å². The molecule has 0 radical (unpaired) electrons. The van der Waals surface area contributed by atoms with Crippen LogP contribution in [-0.2, 0) is 9.53 Å². The van der Waals surface area contributed by atoms with Gasteiger partial charge in [0, 0.05) is 16.6 Å². The molecule has 27 heavy (non-hydrogen) atoms. The van der Waals surface area contributed by atoms with E-state index in [1.165, 1.54) is 6.92 Å². The van der Waals surface area contributed by atoms with E-state index in [0.717, 1.165) is 0 Å². The zero-order chi connectivity index (χ0) is 19.4. The maximum Gasteiger partial charge on any atom is 0.339 e. The van der Waals surface area contributed by atoms with Crippen LogP contribution in [0, 0.1) is 6.92 Å². The van der Waals surface area contributed by atoms with Crippen molar-refractivity contribution >= 4 is 34.3 Å². The average molecular weight is 362 g/mol. The summed E-state index contributed by atoms with van der Waals surface area (Å²) in [5.41, 5.74) is 2.50. The summed E-state index contributed by atoms with van der Waals surface area (Å²) in [6.45, 7) is 2.75. The van der Waals surface area contributed by atoms with Crippen LogP contribution >= 0.6 is 0 Å². The molecule has 2 aromatic carbocycles. The van der Waals surface area contributed by atoms with Crippen molar-refractivity contribution in [1.82, 2.24) is 4.98 Å². The lowest BCUT2D eigenvalue weighted by atomic mass is 10.1. The second kappa shape index (κ2) is 7.78. The van der Waals surface area contributed by atoms with Gasteiger partial charge in [-0.05, 0) is 38.1 Å². The highest BCUT2D eigenvalue weighted by molar-refractivity contribution is 6.06. The number of amides is 1. The molecule has 1 heterocycles. The Morgan fingerprint density at radius 2 is 1.70 bits per heavy atom. The summed E-state index contributed by atoms with van der Waals surface area (Å²) < 4.78 is 5.16. The molecule has 0 aliphatic rings. The summed E-state index contributed by atoms with van der Waals surface area (Å²) in [4.78, 5) is 40.6. The Bertz CT molecular complexity index is 1040. The number of esters is 1. The monoisotopic (exact) mass is 362 g/mol. The van der Waals surface area contributed by atoms with Crippen LogP contribution in [0.1, 0.15) is 33.3 Å². The number of rotatable bonds is 5. The van der Waals surface area contributed by atoms with Gasteiger partial charge in [-0.2, -0.15) is 0 Å². The van der Waals surface area contributed by atoms with Crippen LogP contribution < -0.4 is 5.32 Å². The van der Waals surface area contributed by atoms with Crippen molar-refractivity contribution in [1.29, 1.82) is 0 Å². The summed E-state index contributed by atoms with van der Waals surface area (Å²) in [6, 6.07) is 15.5. The minimum absolute atomic E-state index is 0.165. The number of nitrogens with one attached hydrogen (secondary N) is 1. The highest BCUT2D eigenvalue weighted by atomic mass is 16.5. The smallest absolute Gasteiger partial charge is 0.339 e. The van der Waals surface area contributed by atoms with E-state index in [4.69, 9.17) is 4.74 Å². The van der Waals surface area contributed by atoms with Crippen LogP contribution in [0.3, 0.4) is 0 Å². The number of ketones is 1. The van der Waals surface area contributed by atoms with Gasteiger partial charge in [-0.25, -0.2) is 4.79 Å².